The molecule has 0 bridgehead atoms. The molecule has 0 atom stereocenters. The predicted octanol–water partition coefficient (Wildman–Crippen LogP) is 2.87. The second-order valence-electron chi connectivity index (χ2n) is 6.61. The van der Waals surface area contributed by atoms with E-state index in [2.05, 4.69) is 9.97 Å². The summed E-state index contributed by atoms with van der Waals surface area (Å²) in [6.45, 7) is 1.90. The minimum Gasteiger partial charge on any atom is -0.457 e. The summed E-state index contributed by atoms with van der Waals surface area (Å²) in [5, 5.41) is 0. The highest BCUT2D eigenvalue weighted by molar-refractivity contribution is 5.95. The van der Waals surface area contributed by atoms with Crippen molar-refractivity contribution in [1.82, 2.24) is 19.8 Å². The van der Waals surface area contributed by atoms with Gasteiger partial charge in [0.15, 0.2) is 0 Å². The number of carbonyl (C=O) groups excluding carboxylic acids is 2. The molecule has 3 aromatic rings. The average molecular weight is 388 g/mol. The number of hydrogen-bond donors (Lipinski definition) is 0. The normalized spacial score (nSPS) is 13.8. The van der Waals surface area contributed by atoms with Crippen molar-refractivity contribution in [3.05, 3.63) is 84.4 Å². The molecule has 4 rings (SSSR count). The lowest BCUT2D eigenvalue weighted by atomic mass is 10.1. The van der Waals surface area contributed by atoms with E-state index in [1.165, 1.54) is 18.6 Å². The van der Waals surface area contributed by atoms with Gasteiger partial charge in [0.05, 0.1) is 6.20 Å². The summed E-state index contributed by atoms with van der Waals surface area (Å²) in [6, 6.07) is 16.6. The lowest BCUT2D eigenvalue weighted by Gasteiger charge is -2.34. The highest BCUT2D eigenvalue weighted by atomic mass is 16.5. The highest BCUT2D eigenvalue weighted by Gasteiger charge is 2.26. The van der Waals surface area contributed by atoms with E-state index in [-0.39, 0.29) is 11.8 Å². The molecule has 2 aromatic carbocycles. The number of ether oxygens (including phenoxy) is 1. The van der Waals surface area contributed by atoms with Crippen LogP contribution in [0.5, 0.6) is 11.5 Å². The third-order valence-corrected chi connectivity index (χ3v) is 4.72. The fourth-order valence-corrected chi connectivity index (χ4v) is 3.16. The third kappa shape index (κ3) is 4.40. The number of amides is 2. The summed E-state index contributed by atoms with van der Waals surface area (Å²) in [5.41, 5.74) is 0.917. The van der Waals surface area contributed by atoms with Crippen molar-refractivity contribution in [2.24, 2.45) is 0 Å². The summed E-state index contributed by atoms with van der Waals surface area (Å²) in [4.78, 5) is 36.7. The van der Waals surface area contributed by atoms with Crippen LogP contribution >= 0.6 is 0 Å². The molecule has 0 unspecified atom stereocenters. The first kappa shape index (κ1) is 18.6. The van der Waals surface area contributed by atoms with E-state index >= 15 is 0 Å². The van der Waals surface area contributed by atoms with E-state index in [0.717, 1.165) is 5.75 Å². The molecule has 0 aliphatic carbocycles. The Balaban J connectivity index is 1.34. The van der Waals surface area contributed by atoms with Crippen molar-refractivity contribution in [3.8, 4) is 11.5 Å². The number of para-hydroxylation sites is 1. The van der Waals surface area contributed by atoms with Gasteiger partial charge >= 0.3 is 0 Å². The molecule has 0 N–H and O–H groups in total. The number of carbonyl (C=O) groups is 2. The maximum atomic E-state index is 12.8. The molecule has 0 radical (unpaired) electrons. The van der Waals surface area contributed by atoms with Crippen molar-refractivity contribution in [3.63, 3.8) is 0 Å². The molecule has 2 amide bonds. The minimum absolute atomic E-state index is 0.0529. The number of hydrogen-bond acceptors (Lipinski definition) is 5. The Hall–Kier alpha value is -3.74. The molecule has 1 fully saturated rings. The van der Waals surface area contributed by atoms with Gasteiger partial charge in [0.2, 0.25) is 0 Å². The molecule has 1 saturated heterocycles. The van der Waals surface area contributed by atoms with Crippen LogP contribution in [0.15, 0.2) is 73.2 Å². The lowest BCUT2D eigenvalue weighted by molar-refractivity contribution is 0.0532. The van der Waals surface area contributed by atoms with Gasteiger partial charge < -0.3 is 14.5 Å². The smallest absolute Gasteiger partial charge is 0.274 e. The summed E-state index contributed by atoms with van der Waals surface area (Å²) in [5.74, 6) is 1.21. The largest absolute Gasteiger partial charge is 0.457 e. The first-order chi connectivity index (χ1) is 14.2. The number of rotatable bonds is 4. The molecule has 1 aliphatic heterocycles. The van der Waals surface area contributed by atoms with Crippen LogP contribution < -0.4 is 4.74 Å². The fraction of sp³-hybridized carbons (Fsp3) is 0.182. The summed E-state index contributed by atoms with van der Waals surface area (Å²) < 4.78 is 5.76. The van der Waals surface area contributed by atoms with Crippen LogP contribution in [0, 0.1) is 0 Å². The van der Waals surface area contributed by atoms with Gasteiger partial charge in [-0.2, -0.15) is 0 Å². The van der Waals surface area contributed by atoms with Gasteiger partial charge in [0, 0.05) is 44.1 Å². The van der Waals surface area contributed by atoms with Crippen LogP contribution in [0.4, 0.5) is 0 Å². The molecule has 1 aliphatic rings. The monoisotopic (exact) mass is 388 g/mol. The van der Waals surface area contributed by atoms with Gasteiger partial charge in [-0.25, -0.2) is 4.98 Å². The van der Waals surface area contributed by atoms with Gasteiger partial charge in [0.1, 0.15) is 17.2 Å². The van der Waals surface area contributed by atoms with Crippen LogP contribution in [-0.4, -0.2) is 57.8 Å². The summed E-state index contributed by atoms with van der Waals surface area (Å²) in [6.07, 6.45) is 4.49. The van der Waals surface area contributed by atoms with Crippen LogP contribution in [0.2, 0.25) is 0 Å². The fourth-order valence-electron chi connectivity index (χ4n) is 3.16. The molecular weight excluding hydrogens is 368 g/mol. The standard InChI is InChI=1S/C22H20N4O3/c27-21(17-6-8-19(9-7-17)29-18-4-2-1-3-5-18)25-12-14-26(15-13-25)22(28)20-16-23-10-11-24-20/h1-11,16H,12-15H2. The minimum atomic E-state index is -0.160. The van der Waals surface area contributed by atoms with E-state index in [0.29, 0.717) is 43.2 Å². The van der Waals surface area contributed by atoms with Crippen LogP contribution in [0.3, 0.4) is 0 Å². The Morgan fingerprint density at radius 2 is 1.38 bits per heavy atom. The van der Waals surface area contributed by atoms with Gasteiger partial charge in [-0.3, -0.25) is 14.6 Å². The maximum Gasteiger partial charge on any atom is 0.274 e. The Kier molecular flexibility index (Phi) is 5.47. The van der Waals surface area contributed by atoms with E-state index in [1.54, 1.807) is 34.1 Å². The summed E-state index contributed by atoms with van der Waals surface area (Å²) in [7, 11) is 0. The molecule has 0 spiro atoms. The zero-order valence-corrected chi connectivity index (χ0v) is 15.8. The molecule has 2 heterocycles. The van der Waals surface area contributed by atoms with Crippen molar-refractivity contribution in [1.29, 1.82) is 0 Å². The second-order valence-corrected chi connectivity index (χ2v) is 6.61. The van der Waals surface area contributed by atoms with E-state index in [4.69, 9.17) is 4.74 Å². The molecular formula is C22H20N4O3. The second kappa shape index (κ2) is 8.52. The van der Waals surface area contributed by atoms with Gasteiger partial charge in [-0.1, -0.05) is 18.2 Å². The Morgan fingerprint density at radius 3 is 2.00 bits per heavy atom. The quantitative estimate of drug-likeness (QED) is 0.687. The summed E-state index contributed by atoms with van der Waals surface area (Å²) >= 11 is 0. The zero-order chi connectivity index (χ0) is 20.1. The van der Waals surface area contributed by atoms with Gasteiger partial charge in [-0.15, -0.1) is 0 Å². The molecule has 29 heavy (non-hydrogen) atoms. The zero-order valence-electron chi connectivity index (χ0n) is 15.8. The van der Waals surface area contributed by atoms with Crippen LogP contribution in [0.25, 0.3) is 0 Å². The van der Waals surface area contributed by atoms with Crippen molar-refractivity contribution in [2.75, 3.05) is 26.2 Å². The predicted molar refractivity (Wildman–Crippen MR) is 107 cm³/mol. The highest BCUT2D eigenvalue weighted by Crippen LogP contribution is 2.22. The maximum absolute atomic E-state index is 12.8. The molecule has 7 nitrogen and oxygen atoms in total. The third-order valence-electron chi connectivity index (χ3n) is 4.72. The van der Waals surface area contributed by atoms with E-state index < -0.39 is 0 Å². The van der Waals surface area contributed by atoms with Crippen LogP contribution in [-0.2, 0) is 0 Å². The lowest BCUT2D eigenvalue weighted by Crippen LogP contribution is -2.50. The average Bonchev–Trinajstić information content (AvgIpc) is 2.80. The number of aromatic nitrogens is 2. The SMILES string of the molecule is O=C(c1ccc(Oc2ccccc2)cc1)N1CCN(C(=O)c2cnccn2)CC1. The van der Waals surface area contributed by atoms with Crippen molar-refractivity contribution < 1.29 is 14.3 Å². The molecule has 146 valence electrons. The first-order valence-electron chi connectivity index (χ1n) is 9.38. The Bertz CT molecular complexity index is 970. The van der Waals surface area contributed by atoms with E-state index in [1.807, 2.05) is 30.3 Å². The van der Waals surface area contributed by atoms with E-state index in [9.17, 15) is 9.59 Å². The topological polar surface area (TPSA) is 75.6 Å². The molecule has 7 heteroatoms. The Morgan fingerprint density at radius 1 is 0.759 bits per heavy atom. The van der Waals surface area contributed by atoms with Gasteiger partial charge in [-0.05, 0) is 36.4 Å². The van der Waals surface area contributed by atoms with Crippen molar-refractivity contribution >= 4 is 11.8 Å². The first-order valence-corrected chi connectivity index (χ1v) is 9.38. The van der Waals surface area contributed by atoms with Crippen molar-refractivity contribution in [2.45, 2.75) is 0 Å². The molecule has 0 saturated carbocycles. The van der Waals surface area contributed by atoms with Gasteiger partial charge in [0.25, 0.3) is 11.8 Å². The number of piperazine rings is 1. The number of benzene rings is 2. The Labute approximate surface area is 168 Å². The van der Waals surface area contributed by atoms with Crippen LogP contribution in [0.1, 0.15) is 20.8 Å². The molecule has 1 aromatic heterocycles. The number of nitrogens with zero attached hydrogens (tertiary/aromatic N) is 4.